The number of aliphatic imine (C=N–C) groups is 1. The Morgan fingerprint density at radius 2 is 1.88 bits per heavy atom. The molecule has 1 aromatic heterocycles. The summed E-state index contributed by atoms with van der Waals surface area (Å²) in [5.41, 5.74) is 3.93. The maximum atomic E-state index is 6.49. The van der Waals surface area contributed by atoms with Gasteiger partial charge in [0.25, 0.3) is 0 Å². The van der Waals surface area contributed by atoms with Gasteiger partial charge in [-0.25, -0.2) is 4.99 Å². The Morgan fingerprint density at radius 1 is 1.12 bits per heavy atom. The molecule has 1 heterocycles. The third-order valence-corrected chi connectivity index (χ3v) is 4.50. The summed E-state index contributed by atoms with van der Waals surface area (Å²) >= 11 is 6.49. The van der Waals surface area contributed by atoms with Crippen molar-refractivity contribution in [3.05, 3.63) is 59.2 Å². The first-order valence-electron chi connectivity index (χ1n) is 7.98. The van der Waals surface area contributed by atoms with Crippen LogP contribution in [0.4, 0.5) is 11.4 Å². The van der Waals surface area contributed by atoms with Crippen LogP contribution in [0.3, 0.4) is 0 Å². The third kappa shape index (κ3) is 3.44. The molecule has 3 rings (SSSR count). The highest BCUT2D eigenvalue weighted by Crippen LogP contribution is 2.28. The van der Waals surface area contributed by atoms with Crippen LogP contribution in [0.15, 0.2) is 53.5 Å². The predicted molar refractivity (Wildman–Crippen MR) is 105 cm³/mol. The number of methoxy groups -OCH3 is 1. The van der Waals surface area contributed by atoms with Crippen molar-refractivity contribution in [2.45, 2.75) is 0 Å². The average molecular weight is 355 g/mol. The minimum absolute atomic E-state index is 0.675. The van der Waals surface area contributed by atoms with Crippen LogP contribution in [-0.2, 0) is 7.05 Å². The number of halogens is 1. The largest absolute Gasteiger partial charge is 0.497 e. The fourth-order valence-electron chi connectivity index (χ4n) is 2.78. The molecule has 0 unspecified atom stereocenters. The number of hydrogen-bond acceptors (Lipinski definition) is 3. The van der Waals surface area contributed by atoms with Crippen LogP contribution in [-0.4, -0.2) is 27.4 Å². The zero-order valence-corrected chi connectivity index (χ0v) is 15.6. The second-order valence-electron chi connectivity index (χ2n) is 6.00. The lowest BCUT2D eigenvalue weighted by Gasteiger charge is -2.14. The molecule has 0 saturated heterocycles. The Hall–Kier alpha value is -2.59. The number of aromatic nitrogens is 1. The molecule has 3 aromatic rings. The lowest BCUT2D eigenvalue weighted by atomic mass is 10.2. The molecule has 4 nitrogen and oxygen atoms in total. The molecular weight excluding hydrogens is 334 g/mol. The summed E-state index contributed by atoms with van der Waals surface area (Å²) in [6, 6.07) is 15.8. The van der Waals surface area contributed by atoms with Gasteiger partial charge in [-0.05, 0) is 24.3 Å². The van der Waals surface area contributed by atoms with Crippen LogP contribution in [0.25, 0.3) is 10.9 Å². The maximum absolute atomic E-state index is 6.49. The number of ether oxygens (including phenoxy) is 1. The molecule has 0 atom stereocenters. The summed E-state index contributed by atoms with van der Waals surface area (Å²) in [7, 11) is 7.67. The van der Waals surface area contributed by atoms with Gasteiger partial charge in [0.2, 0.25) is 11.2 Å². The molecule has 0 spiro atoms. The number of pyridine rings is 1. The molecule has 25 heavy (non-hydrogen) atoms. The molecular formula is C20H21ClN3O+. The summed E-state index contributed by atoms with van der Waals surface area (Å²) in [4.78, 5) is 6.72. The Kier molecular flexibility index (Phi) is 4.91. The molecule has 2 aromatic carbocycles. The van der Waals surface area contributed by atoms with Gasteiger partial charge in [0.05, 0.1) is 35.1 Å². The number of para-hydroxylation sites is 2. The van der Waals surface area contributed by atoms with Crippen molar-refractivity contribution in [2.24, 2.45) is 12.0 Å². The molecule has 0 aliphatic carbocycles. The van der Waals surface area contributed by atoms with E-state index in [1.807, 2.05) is 80.8 Å². The zero-order chi connectivity index (χ0) is 18.0. The van der Waals surface area contributed by atoms with Crippen LogP contribution in [0.1, 0.15) is 5.69 Å². The first-order chi connectivity index (χ1) is 12.0. The SMILES string of the molecule is COc1ccc2c(c1)c(Cl)cc(C=Nc1ccccc1N(C)C)[n+]2C. The number of nitrogens with zero attached hydrogens (tertiary/aromatic N) is 3. The summed E-state index contributed by atoms with van der Waals surface area (Å²) in [6.07, 6.45) is 1.85. The van der Waals surface area contributed by atoms with Crippen molar-refractivity contribution in [1.82, 2.24) is 0 Å². The first kappa shape index (κ1) is 17.2. The van der Waals surface area contributed by atoms with Gasteiger partial charge in [-0.15, -0.1) is 0 Å². The number of rotatable bonds is 4. The van der Waals surface area contributed by atoms with Crippen LogP contribution >= 0.6 is 11.6 Å². The lowest BCUT2D eigenvalue weighted by Crippen LogP contribution is -2.34. The van der Waals surface area contributed by atoms with Crippen molar-refractivity contribution in [1.29, 1.82) is 0 Å². The highest BCUT2D eigenvalue weighted by Gasteiger charge is 2.15. The fourth-order valence-corrected chi connectivity index (χ4v) is 3.04. The Morgan fingerprint density at radius 3 is 2.60 bits per heavy atom. The Balaban J connectivity index is 2.07. The number of anilines is 1. The molecule has 0 amide bonds. The maximum Gasteiger partial charge on any atom is 0.225 e. The summed E-state index contributed by atoms with van der Waals surface area (Å²) in [5.74, 6) is 0.788. The van der Waals surface area contributed by atoms with E-state index in [1.54, 1.807) is 7.11 Å². The monoisotopic (exact) mass is 354 g/mol. The van der Waals surface area contributed by atoms with Gasteiger partial charge in [0.1, 0.15) is 12.8 Å². The van der Waals surface area contributed by atoms with Crippen LogP contribution in [0.2, 0.25) is 5.02 Å². The topological polar surface area (TPSA) is 28.7 Å². The minimum atomic E-state index is 0.675. The highest BCUT2D eigenvalue weighted by atomic mass is 35.5. The number of hydrogen-bond donors (Lipinski definition) is 0. The zero-order valence-electron chi connectivity index (χ0n) is 14.8. The van der Waals surface area contributed by atoms with Gasteiger partial charge in [0.15, 0.2) is 0 Å². The Labute approximate surface area is 152 Å². The quantitative estimate of drug-likeness (QED) is 0.520. The second kappa shape index (κ2) is 7.11. The van der Waals surface area contributed by atoms with E-state index in [9.17, 15) is 0 Å². The standard InChI is InChI=1S/C20H21ClN3O/c1-23(2)20-8-6-5-7-18(20)22-13-14-11-17(21)16-12-15(25-4)9-10-19(16)24(14)3/h5-13H,1-4H3/q+1. The van der Waals surface area contributed by atoms with Crippen molar-refractivity contribution in [3.8, 4) is 5.75 Å². The first-order valence-corrected chi connectivity index (χ1v) is 8.35. The third-order valence-electron chi connectivity index (χ3n) is 4.18. The van der Waals surface area contributed by atoms with E-state index in [2.05, 4.69) is 9.56 Å². The predicted octanol–water partition coefficient (Wildman–Crippen LogP) is 4.14. The highest BCUT2D eigenvalue weighted by molar-refractivity contribution is 6.35. The van der Waals surface area contributed by atoms with Gasteiger partial charge < -0.3 is 9.64 Å². The van der Waals surface area contributed by atoms with Crippen molar-refractivity contribution in [2.75, 3.05) is 26.1 Å². The van der Waals surface area contributed by atoms with E-state index in [-0.39, 0.29) is 0 Å². The molecule has 0 radical (unpaired) electrons. The van der Waals surface area contributed by atoms with Crippen molar-refractivity contribution < 1.29 is 9.30 Å². The van der Waals surface area contributed by atoms with Gasteiger partial charge in [-0.1, -0.05) is 23.7 Å². The number of fused-ring (bicyclic) bond motifs is 1. The fraction of sp³-hybridized carbons (Fsp3) is 0.200. The minimum Gasteiger partial charge on any atom is -0.497 e. The van der Waals surface area contributed by atoms with E-state index in [1.165, 1.54) is 0 Å². The van der Waals surface area contributed by atoms with E-state index in [4.69, 9.17) is 16.3 Å². The van der Waals surface area contributed by atoms with Crippen molar-refractivity contribution in [3.63, 3.8) is 0 Å². The lowest BCUT2D eigenvalue weighted by molar-refractivity contribution is -0.645. The molecule has 0 aliphatic heterocycles. The van der Waals surface area contributed by atoms with Crippen molar-refractivity contribution >= 4 is 40.1 Å². The molecule has 0 saturated carbocycles. The normalized spacial score (nSPS) is 11.2. The van der Waals surface area contributed by atoms with Crippen LogP contribution in [0.5, 0.6) is 5.75 Å². The summed E-state index contributed by atoms with van der Waals surface area (Å²) < 4.78 is 7.36. The average Bonchev–Trinajstić information content (AvgIpc) is 2.63. The van der Waals surface area contributed by atoms with Gasteiger partial charge >= 0.3 is 0 Å². The van der Waals surface area contributed by atoms with Gasteiger partial charge in [-0.2, -0.15) is 4.57 Å². The molecule has 0 N–H and O–H groups in total. The Bertz CT molecular complexity index is 951. The van der Waals surface area contributed by atoms with E-state index >= 15 is 0 Å². The second-order valence-corrected chi connectivity index (χ2v) is 6.41. The van der Waals surface area contributed by atoms with E-state index in [0.29, 0.717) is 5.02 Å². The van der Waals surface area contributed by atoms with Gasteiger partial charge in [-0.3, -0.25) is 0 Å². The molecule has 0 aliphatic rings. The number of benzene rings is 2. The van der Waals surface area contributed by atoms with Gasteiger partial charge in [0, 0.05) is 26.2 Å². The number of aryl methyl sites for hydroxylation is 1. The van der Waals surface area contributed by atoms with E-state index in [0.717, 1.165) is 33.7 Å². The smallest absolute Gasteiger partial charge is 0.225 e. The molecule has 5 heteroatoms. The van der Waals surface area contributed by atoms with E-state index < -0.39 is 0 Å². The van der Waals surface area contributed by atoms with Crippen LogP contribution in [0, 0.1) is 0 Å². The summed E-state index contributed by atoms with van der Waals surface area (Å²) in [5, 5.41) is 1.63. The van der Waals surface area contributed by atoms with Crippen LogP contribution < -0.4 is 14.2 Å². The summed E-state index contributed by atoms with van der Waals surface area (Å²) in [6.45, 7) is 0. The molecule has 0 bridgehead atoms. The molecule has 128 valence electrons. The molecule has 0 fully saturated rings.